The summed E-state index contributed by atoms with van der Waals surface area (Å²) < 4.78 is 5.28. The first kappa shape index (κ1) is 20.4. The van der Waals surface area contributed by atoms with Crippen LogP contribution in [-0.4, -0.2) is 18.0 Å². The van der Waals surface area contributed by atoms with Gasteiger partial charge in [0.25, 0.3) is 11.5 Å². The van der Waals surface area contributed by atoms with Crippen molar-refractivity contribution in [3.05, 3.63) is 105 Å². The molecule has 1 aromatic heterocycles. The Bertz CT molecular complexity index is 1310. The van der Waals surface area contributed by atoms with Gasteiger partial charge < -0.3 is 14.6 Å². The molecule has 4 aromatic rings. The van der Waals surface area contributed by atoms with E-state index in [0.29, 0.717) is 16.9 Å². The number of hydrogen-bond acceptors (Lipinski definition) is 3. The number of carbonyl (C=O) groups is 1. The van der Waals surface area contributed by atoms with Crippen LogP contribution in [0.25, 0.3) is 10.9 Å². The number of amides is 1. The Morgan fingerprint density at radius 3 is 2.42 bits per heavy atom. The molecule has 0 bridgehead atoms. The predicted octanol–water partition coefficient (Wildman–Crippen LogP) is 5.00. The Labute approximate surface area is 180 Å². The van der Waals surface area contributed by atoms with E-state index in [1.54, 1.807) is 36.3 Å². The molecular weight excluding hydrogens is 388 g/mol. The molecule has 0 aliphatic rings. The third-order valence-electron chi connectivity index (χ3n) is 5.31. The lowest BCUT2D eigenvalue weighted by molar-refractivity contribution is 0.0984. The Morgan fingerprint density at radius 2 is 1.68 bits per heavy atom. The second-order valence-corrected chi connectivity index (χ2v) is 7.67. The molecule has 0 saturated carbocycles. The van der Waals surface area contributed by atoms with Crippen molar-refractivity contribution in [1.29, 1.82) is 0 Å². The highest BCUT2D eigenvalue weighted by atomic mass is 16.5. The van der Waals surface area contributed by atoms with Crippen LogP contribution in [0, 0.1) is 13.8 Å². The first-order valence-corrected chi connectivity index (χ1v) is 10.1. The molecule has 0 aliphatic heterocycles. The van der Waals surface area contributed by atoms with Gasteiger partial charge in [-0.25, -0.2) is 0 Å². The molecule has 3 aromatic carbocycles. The molecule has 1 heterocycles. The number of hydrogen-bond donors (Lipinski definition) is 1. The number of carbonyl (C=O) groups excluding carboxylic acids is 1. The third kappa shape index (κ3) is 4.36. The highest BCUT2D eigenvalue weighted by Gasteiger charge is 2.20. The Hall–Kier alpha value is -3.86. The molecule has 0 saturated heterocycles. The van der Waals surface area contributed by atoms with Crippen molar-refractivity contribution in [2.24, 2.45) is 0 Å². The second kappa shape index (κ2) is 8.48. The minimum Gasteiger partial charge on any atom is -0.497 e. The molecule has 4 rings (SSSR count). The molecule has 0 fully saturated rings. The van der Waals surface area contributed by atoms with Gasteiger partial charge in [-0.3, -0.25) is 9.59 Å². The maximum Gasteiger partial charge on any atom is 0.258 e. The predicted molar refractivity (Wildman–Crippen MR) is 124 cm³/mol. The fourth-order valence-electron chi connectivity index (χ4n) is 3.58. The number of benzene rings is 3. The molecule has 0 radical (unpaired) electrons. The van der Waals surface area contributed by atoms with E-state index in [-0.39, 0.29) is 18.0 Å². The maximum atomic E-state index is 13.5. The van der Waals surface area contributed by atoms with Crippen LogP contribution in [0.4, 0.5) is 5.69 Å². The average Bonchev–Trinajstić information content (AvgIpc) is 2.78. The van der Waals surface area contributed by atoms with Crippen molar-refractivity contribution < 1.29 is 9.53 Å². The van der Waals surface area contributed by atoms with Crippen LogP contribution < -0.4 is 15.2 Å². The maximum absolute atomic E-state index is 13.5. The van der Waals surface area contributed by atoms with Gasteiger partial charge in [0.15, 0.2) is 0 Å². The summed E-state index contributed by atoms with van der Waals surface area (Å²) in [6.45, 7) is 4.15. The fraction of sp³-hybridized carbons (Fsp3) is 0.154. The third-order valence-corrected chi connectivity index (χ3v) is 5.31. The standard InChI is InChI=1S/C26H24N2O3/c1-17-7-10-22(11-8-17)28(26(30)19-5-4-6-23(15-19)31-3)16-21-14-20-13-18(2)9-12-24(20)27-25(21)29/h4-15H,16H2,1-3H3,(H,27,29). The summed E-state index contributed by atoms with van der Waals surface area (Å²) in [5.74, 6) is 0.403. The van der Waals surface area contributed by atoms with E-state index >= 15 is 0 Å². The number of anilines is 1. The quantitative estimate of drug-likeness (QED) is 0.502. The van der Waals surface area contributed by atoms with Crippen LogP contribution >= 0.6 is 0 Å². The molecule has 0 spiro atoms. The van der Waals surface area contributed by atoms with Gasteiger partial charge in [-0.1, -0.05) is 35.4 Å². The Kier molecular flexibility index (Phi) is 5.58. The highest BCUT2D eigenvalue weighted by molar-refractivity contribution is 6.06. The zero-order chi connectivity index (χ0) is 22.0. The molecular formula is C26H24N2O3. The van der Waals surface area contributed by atoms with Crippen molar-refractivity contribution in [1.82, 2.24) is 4.98 Å². The number of rotatable bonds is 5. The van der Waals surface area contributed by atoms with Gasteiger partial charge in [-0.2, -0.15) is 0 Å². The zero-order valence-electron chi connectivity index (χ0n) is 17.8. The van der Waals surface area contributed by atoms with E-state index in [1.807, 2.05) is 62.4 Å². The molecule has 1 N–H and O–H groups in total. The monoisotopic (exact) mass is 412 g/mol. The number of nitrogens with zero attached hydrogens (tertiary/aromatic N) is 1. The number of H-pyrrole nitrogens is 1. The summed E-state index contributed by atoms with van der Waals surface area (Å²) >= 11 is 0. The van der Waals surface area contributed by atoms with Gasteiger partial charge in [0.1, 0.15) is 5.75 Å². The number of aromatic amines is 1. The first-order valence-electron chi connectivity index (χ1n) is 10.1. The fourth-order valence-corrected chi connectivity index (χ4v) is 3.58. The summed E-state index contributed by atoms with van der Waals surface area (Å²) in [7, 11) is 1.57. The van der Waals surface area contributed by atoms with E-state index in [2.05, 4.69) is 4.98 Å². The minimum atomic E-state index is -0.202. The van der Waals surface area contributed by atoms with Crippen LogP contribution in [0.3, 0.4) is 0 Å². The summed E-state index contributed by atoms with van der Waals surface area (Å²) in [5, 5.41) is 0.937. The Balaban J connectivity index is 1.78. The van der Waals surface area contributed by atoms with Crippen LogP contribution in [0.5, 0.6) is 5.75 Å². The topological polar surface area (TPSA) is 62.4 Å². The van der Waals surface area contributed by atoms with Gasteiger partial charge in [0, 0.05) is 22.3 Å². The Morgan fingerprint density at radius 1 is 0.935 bits per heavy atom. The van der Waals surface area contributed by atoms with Gasteiger partial charge >= 0.3 is 0 Å². The molecule has 5 nitrogen and oxygen atoms in total. The highest BCUT2D eigenvalue weighted by Crippen LogP contribution is 2.23. The van der Waals surface area contributed by atoms with Gasteiger partial charge in [-0.05, 0) is 67.8 Å². The smallest absolute Gasteiger partial charge is 0.258 e. The van der Waals surface area contributed by atoms with Crippen molar-refractivity contribution in [2.45, 2.75) is 20.4 Å². The normalized spacial score (nSPS) is 10.8. The van der Waals surface area contributed by atoms with E-state index in [9.17, 15) is 9.59 Å². The zero-order valence-corrected chi connectivity index (χ0v) is 17.8. The van der Waals surface area contributed by atoms with Crippen LogP contribution in [-0.2, 0) is 6.54 Å². The van der Waals surface area contributed by atoms with Crippen LogP contribution in [0.15, 0.2) is 77.6 Å². The number of aromatic nitrogens is 1. The summed E-state index contributed by atoms with van der Waals surface area (Å²) in [5.41, 5.74) is 4.52. The molecule has 1 amide bonds. The minimum absolute atomic E-state index is 0.151. The number of ether oxygens (including phenoxy) is 1. The number of nitrogens with one attached hydrogen (secondary N) is 1. The summed E-state index contributed by atoms with van der Waals surface area (Å²) in [6.07, 6.45) is 0. The number of methoxy groups -OCH3 is 1. The number of fused-ring (bicyclic) bond motifs is 1. The summed E-state index contributed by atoms with van der Waals surface area (Å²) in [4.78, 5) is 30.8. The molecule has 0 aliphatic carbocycles. The van der Waals surface area contributed by atoms with Crippen LogP contribution in [0.2, 0.25) is 0 Å². The number of aryl methyl sites for hydroxylation is 2. The van der Waals surface area contributed by atoms with Gasteiger partial charge in [0.2, 0.25) is 0 Å². The van der Waals surface area contributed by atoms with Gasteiger partial charge in [0.05, 0.1) is 13.7 Å². The van der Waals surface area contributed by atoms with Crippen molar-refractivity contribution in [2.75, 3.05) is 12.0 Å². The molecule has 31 heavy (non-hydrogen) atoms. The molecule has 0 unspecified atom stereocenters. The van der Waals surface area contributed by atoms with E-state index in [0.717, 1.165) is 27.7 Å². The molecule has 156 valence electrons. The van der Waals surface area contributed by atoms with E-state index in [1.165, 1.54) is 0 Å². The summed E-state index contributed by atoms with van der Waals surface area (Å²) in [6, 6.07) is 22.5. The van der Waals surface area contributed by atoms with E-state index < -0.39 is 0 Å². The second-order valence-electron chi connectivity index (χ2n) is 7.67. The van der Waals surface area contributed by atoms with Gasteiger partial charge in [-0.15, -0.1) is 0 Å². The van der Waals surface area contributed by atoms with Crippen molar-refractivity contribution >= 4 is 22.5 Å². The lowest BCUT2D eigenvalue weighted by atomic mass is 10.1. The van der Waals surface area contributed by atoms with E-state index in [4.69, 9.17) is 4.74 Å². The molecule has 0 atom stereocenters. The molecule has 5 heteroatoms. The number of pyridine rings is 1. The average molecular weight is 412 g/mol. The lowest BCUT2D eigenvalue weighted by Gasteiger charge is -2.23. The van der Waals surface area contributed by atoms with Crippen molar-refractivity contribution in [3.63, 3.8) is 0 Å². The first-order chi connectivity index (χ1) is 14.9. The lowest BCUT2D eigenvalue weighted by Crippen LogP contribution is -2.32. The SMILES string of the molecule is COc1cccc(C(=O)N(Cc2cc3cc(C)ccc3[nH]c2=O)c2ccc(C)cc2)c1. The largest absolute Gasteiger partial charge is 0.497 e. The van der Waals surface area contributed by atoms with Crippen LogP contribution in [0.1, 0.15) is 27.0 Å². The van der Waals surface area contributed by atoms with Crippen molar-refractivity contribution in [3.8, 4) is 5.75 Å².